The van der Waals surface area contributed by atoms with Crippen LogP contribution in [0.4, 0.5) is 5.69 Å². The highest BCUT2D eigenvalue weighted by molar-refractivity contribution is 7.86. The van der Waals surface area contributed by atoms with Crippen molar-refractivity contribution in [3.05, 3.63) is 38.9 Å². The van der Waals surface area contributed by atoms with Crippen LogP contribution in [0.2, 0.25) is 5.02 Å². The average molecular weight is 378 g/mol. The van der Waals surface area contributed by atoms with Crippen LogP contribution in [0.5, 0.6) is 0 Å². The number of nitrogens with zero attached hydrogens (tertiary/aromatic N) is 3. The zero-order valence-corrected chi connectivity index (χ0v) is 15.2. The molecule has 1 aromatic carbocycles. The minimum atomic E-state index is -3.72. The lowest BCUT2D eigenvalue weighted by molar-refractivity contribution is -0.384. The van der Waals surface area contributed by atoms with Gasteiger partial charge in [-0.1, -0.05) is 11.6 Å². The predicted molar refractivity (Wildman–Crippen MR) is 90.1 cm³/mol. The van der Waals surface area contributed by atoms with E-state index in [0.717, 1.165) is 4.31 Å². The molecule has 0 saturated carbocycles. The van der Waals surface area contributed by atoms with Crippen molar-refractivity contribution >= 4 is 27.5 Å². The van der Waals surface area contributed by atoms with Crippen LogP contribution in [0.3, 0.4) is 0 Å². The molecule has 1 aliphatic heterocycles. The molecule has 1 aliphatic rings. The van der Waals surface area contributed by atoms with Gasteiger partial charge in [-0.3, -0.25) is 10.1 Å². The molecular weight excluding hydrogens is 358 g/mol. The van der Waals surface area contributed by atoms with E-state index in [9.17, 15) is 18.5 Å². The first-order valence-corrected chi connectivity index (χ1v) is 9.18. The van der Waals surface area contributed by atoms with Gasteiger partial charge in [-0.25, -0.2) is 0 Å². The number of hydrogen-bond donors (Lipinski definition) is 0. The molecule has 0 aromatic heterocycles. The van der Waals surface area contributed by atoms with E-state index in [1.165, 1.54) is 29.6 Å². The average Bonchev–Trinajstić information content (AvgIpc) is 2.48. The number of benzene rings is 1. The molecule has 1 heterocycles. The minimum absolute atomic E-state index is 0.0526. The lowest BCUT2D eigenvalue weighted by Gasteiger charge is -2.36. The largest absolute Gasteiger partial charge is 0.373 e. The van der Waals surface area contributed by atoms with E-state index >= 15 is 0 Å². The first kappa shape index (κ1) is 19.1. The Labute approximate surface area is 146 Å². The highest BCUT2D eigenvalue weighted by atomic mass is 35.5. The van der Waals surface area contributed by atoms with E-state index in [2.05, 4.69) is 0 Å². The third-order valence-corrected chi connectivity index (χ3v) is 5.98. The van der Waals surface area contributed by atoms with Crippen LogP contribution in [-0.2, 0) is 21.5 Å². The van der Waals surface area contributed by atoms with Crippen LogP contribution < -0.4 is 0 Å². The number of ether oxygens (including phenoxy) is 1. The highest BCUT2D eigenvalue weighted by Crippen LogP contribution is 2.25. The number of rotatable bonds is 5. The van der Waals surface area contributed by atoms with Crippen molar-refractivity contribution in [2.45, 2.75) is 32.6 Å². The second-order valence-electron chi connectivity index (χ2n) is 5.87. The second-order valence-corrected chi connectivity index (χ2v) is 8.31. The number of nitro groups is 1. The summed E-state index contributed by atoms with van der Waals surface area (Å²) in [5.41, 5.74) is 0.250. The van der Waals surface area contributed by atoms with Crippen LogP contribution >= 0.6 is 11.6 Å². The maximum atomic E-state index is 12.7. The third kappa shape index (κ3) is 4.22. The zero-order valence-electron chi connectivity index (χ0n) is 13.7. The van der Waals surface area contributed by atoms with Crippen LogP contribution in [0, 0.1) is 10.1 Å². The lowest BCUT2D eigenvalue weighted by atomic mass is 10.2. The molecule has 2 atom stereocenters. The summed E-state index contributed by atoms with van der Waals surface area (Å²) >= 11 is 6.05. The Morgan fingerprint density at radius 3 is 2.50 bits per heavy atom. The highest BCUT2D eigenvalue weighted by Gasteiger charge is 2.34. The molecule has 0 aliphatic carbocycles. The van der Waals surface area contributed by atoms with Crippen molar-refractivity contribution < 1.29 is 18.1 Å². The fourth-order valence-corrected chi connectivity index (χ4v) is 4.30. The Kier molecular flexibility index (Phi) is 5.82. The standard InChI is InChI=1S/C14H20ClN3O5S/c1-10-7-17(8-11(2)23-10)24(21,22)16(3)9-12-6-13(18(19)20)4-5-14(12)15/h4-6,10-11H,7-9H2,1-3H3/t10-,11-/m1/s1. The maximum absolute atomic E-state index is 12.7. The molecule has 0 spiro atoms. The normalized spacial score (nSPS) is 22.7. The summed E-state index contributed by atoms with van der Waals surface area (Å²) < 4.78 is 33.5. The summed E-state index contributed by atoms with van der Waals surface area (Å²) in [4.78, 5) is 10.3. The molecule has 0 amide bonds. The minimum Gasteiger partial charge on any atom is -0.373 e. The van der Waals surface area contributed by atoms with Gasteiger partial charge in [0.25, 0.3) is 15.9 Å². The van der Waals surface area contributed by atoms with Gasteiger partial charge >= 0.3 is 0 Å². The fraction of sp³-hybridized carbons (Fsp3) is 0.571. The van der Waals surface area contributed by atoms with Crippen molar-refractivity contribution in [1.29, 1.82) is 0 Å². The molecule has 0 radical (unpaired) electrons. The second kappa shape index (κ2) is 7.32. The Bertz CT molecular complexity index is 717. The summed E-state index contributed by atoms with van der Waals surface area (Å²) in [6.07, 6.45) is -0.392. The maximum Gasteiger partial charge on any atom is 0.282 e. The summed E-state index contributed by atoms with van der Waals surface area (Å²) in [5, 5.41) is 11.2. The van der Waals surface area contributed by atoms with E-state index in [0.29, 0.717) is 5.56 Å². The Hall–Kier alpha value is -1.26. The van der Waals surface area contributed by atoms with Gasteiger partial charge in [0.15, 0.2) is 0 Å². The van der Waals surface area contributed by atoms with E-state index < -0.39 is 15.1 Å². The Balaban J connectivity index is 2.20. The first-order valence-electron chi connectivity index (χ1n) is 7.41. The van der Waals surface area contributed by atoms with Gasteiger partial charge in [0.05, 0.1) is 17.1 Å². The number of nitro benzene ring substituents is 1. The van der Waals surface area contributed by atoms with Gasteiger partial charge in [0.1, 0.15) is 0 Å². The molecule has 1 aromatic rings. The molecule has 0 unspecified atom stereocenters. The van der Waals surface area contributed by atoms with Gasteiger partial charge in [-0.15, -0.1) is 0 Å². The lowest BCUT2D eigenvalue weighted by Crippen LogP contribution is -2.52. The van der Waals surface area contributed by atoms with Crippen LogP contribution in [0.25, 0.3) is 0 Å². The Morgan fingerprint density at radius 1 is 1.38 bits per heavy atom. The topological polar surface area (TPSA) is 93.0 Å². The summed E-state index contributed by atoms with van der Waals surface area (Å²) in [6.45, 7) is 4.10. The monoisotopic (exact) mass is 377 g/mol. The van der Waals surface area contributed by atoms with Crippen molar-refractivity contribution in [2.75, 3.05) is 20.1 Å². The number of non-ortho nitro benzene ring substituents is 1. The van der Waals surface area contributed by atoms with Crippen LogP contribution in [0.15, 0.2) is 18.2 Å². The molecule has 8 nitrogen and oxygen atoms in total. The van der Waals surface area contributed by atoms with Gasteiger partial charge < -0.3 is 4.74 Å². The molecular formula is C14H20ClN3O5S. The fourth-order valence-electron chi connectivity index (χ4n) is 2.63. The van der Waals surface area contributed by atoms with E-state index in [1.54, 1.807) is 0 Å². The number of morpholine rings is 1. The quantitative estimate of drug-likeness (QED) is 0.578. The summed E-state index contributed by atoms with van der Waals surface area (Å²) in [5.74, 6) is 0. The predicted octanol–water partition coefficient (Wildman–Crippen LogP) is 2.03. The molecule has 1 saturated heterocycles. The van der Waals surface area contributed by atoms with Crippen molar-refractivity contribution in [2.24, 2.45) is 0 Å². The van der Waals surface area contributed by atoms with Crippen molar-refractivity contribution in [3.63, 3.8) is 0 Å². The number of hydrogen-bond acceptors (Lipinski definition) is 5. The molecule has 1 fully saturated rings. The van der Waals surface area contributed by atoms with E-state index in [1.807, 2.05) is 13.8 Å². The summed E-state index contributed by atoms with van der Waals surface area (Å²) in [7, 11) is -2.29. The van der Waals surface area contributed by atoms with Gasteiger partial charge in [-0.2, -0.15) is 17.0 Å². The van der Waals surface area contributed by atoms with Crippen molar-refractivity contribution in [3.8, 4) is 0 Å². The van der Waals surface area contributed by atoms with Crippen LogP contribution in [-0.4, -0.2) is 54.3 Å². The van der Waals surface area contributed by atoms with Crippen molar-refractivity contribution in [1.82, 2.24) is 8.61 Å². The van der Waals surface area contributed by atoms with Gasteiger partial charge in [0, 0.05) is 43.8 Å². The van der Waals surface area contributed by atoms with E-state index in [-0.39, 0.29) is 42.6 Å². The first-order chi connectivity index (χ1) is 11.1. The molecule has 0 N–H and O–H groups in total. The van der Waals surface area contributed by atoms with E-state index in [4.69, 9.17) is 16.3 Å². The van der Waals surface area contributed by atoms with Crippen LogP contribution in [0.1, 0.15) is 19.4 Å². The SMILES string of the molecule is C[C@@H]1CN(S(=O)(=O)N(C)Cc2cc([N+](=O)[O-])ccc2Cl)C[C@@H](C)O1. The molecule has 0 bridgehead atoms. The van der Waals surface area contributed by atoms with Gasteiger partial charge in [-0.05, 0) is 25.5 Å². The van der Waals surface area contributed by atoms with Gasteiger partial charge in [0.2, 0.25) is 0 Å². The Morgan fingerprint density at radius 2 is 1.96 bits per heavy atom. The molecule has 24 heavy (non-hydrogen) atoms. The summed E-state index contributed by atoms with van der Waals surface area (Å²) in [6, 6.07) is 3.97. The molecule has 10 heteroatoms. The smallest absolute Gasteiger partial charge is 0.282 e. The zero-order chi connectivity index (χ0) is 18.1. The molecule has 2 rings (SSSR count). The third-order valence-electron chi connectivity index (χ3n) is 3.74. The molecule has 134 valence electrons. The number of halogens is 1.